The maximum absolute atomic E-state index is 10.1. The van der Waals surface area contributed by atoms with E-state index in [1.54, 1.807) is 0 Å². The second-order valence-electron chi connectivity index (χ2n) is 2.87. The lowest BCUT2D eigenvalue weighted by Crippen LogP contribution is -2.22. The molecular formula is C10H12N2O3. The number of hydrogen-bond donors (Lipinski definition) is 3. The normalized spacial score (nSPS) is 13.7. The monoisotopic (exact) mass is 208 g/mol. The van der Waals surface area contributed by atoms with E-state index < -0.39 is 6.03 Å². The number of aliphatic hydroxyl groups excluding tert-OH is 1. The fourth-order valence-corrected chi connectivity index (χ4v) is 0.959. The molecule has 0 spiro atoms. The second kappa shape index (κ2) is 5.77. The molecule has 1 aliphatic heterocycles. The molecule has 1 saturated heterocycles. The first-order chi connectivity index (χ1) is 7.22. The molecule has 1 heterocycles. The maximum atomic E-state index is 10.1. The number of aliphatic hydroxyl groups is 1. The zero-order valence-corrected chi connectivity index (χ0v) is 8.06. The van der Waals surface area contributed by atoms with Crippen molar-refractivity contribution in [2.24, 2.45) is 0 Å². The minimum absolute atomic E-state index is 0.124. The molecule has 0 unspecified atom stereocenters. The molecule has 5 nitrogen and oxygen atoms in total. The lowest BCUT2D eigenvalue weighted by Gasteiger charge is -1.89. The lowest BCUT2D eigenvalue weighted by molar-refractivity contribution is -0.117. The summed E-state index contributed by atoms with van der Waals surface area (Å²) in [6.45, 7) is 0.264. The first-order valence-corrected chi connectivity index (χ1v) is 4.45. The van der Waals surface area contributed by atoms with Crippen molar-refractivity contribution in [3.63, 3.8) is 0 Å². The van der Waals surface area contributed by atoms with Crippen molar-refractivity contribution in [2.75, 3.05) is 6.54 Å². The van der Waals surface area contributed by atoms with E-state index in [9.17, 15) is 9.59 Å². The number of amides is 3. The van der Waals surface area contributed by atoms with Gasteiger partial charge in [0.1, 0.15) is 0 Å². The van der Waals surface area contributed by atoms with Crippen LogP contribution in [-0.2, 0) is 11.4 Å². The third-order valence-corrected chi connectivity index (χ3v) is 1.69. The van der Waals surface area contributed by atoms with Crippen LogP contribution in [0.25, 0.3) is 0 Å². The van der Waals surface area contributed by atoms with Crippen molar-refractivity contribution < 1.29 is 14.7 Å². The number of carbonyl (C=O) groups excluding carboxylic acids is 2. The van der Waals surface area contributed by atoms with E-state index in [2.05, 4.69) is 5.32 Å². The molecule has 0 aliphatic carbocycles. The Labute approximate surface area is 87.1 Å². The second-order valence-corrected chi connectivity index (χ2v) is 2.87. The van der Waals surface area contributed by atoms with Gasteiger partial charge < -0.3 is 10.4 Å². The Hall–Kier alpha value is -1.88. The Morgan fingerprint density at radius 3 is 2.13 bits per heavy atom. The third-order valence-electron chi connectivity index (χ3n) is 1.69. The minimum Gasteiger partial charge on any atom is -0.392 e. The van der Waals surface area contributed by atoms with E-state index in [4.69, 9.17) is 5.11 Å². The van der Waals surface area contributed by atoms with Crippen LogP contribution in [0.5, 0.6) is 0 Å². The van der Waals surface area contributed by atoms with Crippen LogP contribution in [0, 0.1) is 0 Å². The smallest absolute Gasteiger partial charge is 0.321 e. The van der Waals surface area contributed by atoms with Gasteiger partial charge in [-0.25, -0.2) is 4.79 Å². The van der Waals surface area contributed by atoms with Gasteiger partial charge in [0.05, 0.1) is 13.2 Å². The predicted octanol–water partition coefficient (Wildman–Crippen LogP) is 0.00470. The molecule has 1 fully saturated rings. The van der Waals surface area contributed by atoms with Gasteiger partial charge in [0.25, 0.3) is 0 Å². The average Bonchev–Trinajstić information content (AvgIpc) is 2.65. The van der Waals surface area contributed by atoms with Gasteiger partial charge in [-0.2, -0.15) is 0 Å². The van der Waals surface area contributed by atoms with Gasteiger partial charge >= 0.3 is 6.03 Å². The molecular weight excluding hydrogens is 196 g/mol. The lowest BCUT2D eigenvalue weighted by atomic mass is 10.2. The topological polar surface area (TPSA) is 78.4 Å². The average molecular weight is 208 g/mol. The molecule has 0 radical (unpaired) electrons. The highest BCUT2D eigenvalue weighted by atomic mass is 16.3. The molecule has 1 aromatic rings. The van der Waals surface area contributed by atoms with Crippen LogP contribution in [0.3, 0.4) is 0 Å². The summed E-state index contributed by atoms with van der Waals surface area (Å²) in [6, 6.07) is 9.13. The van der Waals surface area contributed by atoms with Gasteiger partial charge in [-0.1, -0.05) is 30.3 Å². The Balaban J connectivity index is 0.000000151. The number of imide groups is 1. The molecule has 80 valence electrons. The van der Waals surface area contributed by atoms with Crippen molar-refractivity contribution in [2.45, 2.75) is 6.61 Å². The highest BCUT2D eigenvalue weighted by Gasteiger charge is 2.14. The highest BCUT2D eigenvalue weighted by molar-refractivity contribution is 6.01. The van der Waals surface area contributed by atoms with E-state index in [1.807, 2.05) is 35.6 Å². The van der Waals surface area contributed by atoms with Crippen LogP contribution in [0.1, 0.15) is 5.56 Å². The quantitative estimate of drug-likeness (QED) is 0.568. The van der Waals surface area contributed by atoms with Gasteiger partial charge in [-0.05, 0) is 5.56 Å². The number of hydrogen-bond acceptors (Lipinski definition) is 3. The van der Waals surface area contributed by atoms with E-state index in [0.717, 1.165) is 5.56 Å². The predicted molar refractivity (Wildman–Crippen MR) is 53.9 cm³/mol. The van der Waals surface area contributed by atoms with Crippen LogP contribution in [0.4, 0.5) is 4.79 Å². The summed E-state index contributed by atoms with van der Waals surface area (Å²) in [5, 5.41) is 12.8. The summed E-state index contributed by atoms with van der Waals surface area (Å²) in [5.74, 6) is -0.259. The molecule has 3 N–H and O–H groups in total. The van der Waals surface area contributed by atoms with Gasteiger partial charge in [-0.15, -0.1) is 0 Å². The van der Waals surface area contributed by atoms with Crippen molar-refractivity contribution in [1.29, 1.82) is 0 Å². The van der Waals surface area contributed by atoms with Gasteiger partial charge in [0.2, 0.25) is 5.91 Å². The molecule has 0 atom stereocenters. The van der Waals surface area contributed by atoms with E-state index >= 15 is 0 Å². The molecule has 2 rings (SSSR count). The Morgan fingerprint density at radius 2 is 1.87 bits per heavy atom. The first kappa shape index (κ1) is 11.2. The Bertz CT molecular complexity index is 324. The number of carbonyl (C=O) groups is 2. The van der Waals surface area contributed by atoms with Gasteiger partial charge in [-0.3, -0.25) is 10.1 Å². The van der Waals surface area contributed by atoms with Crippen LogP contribution in [0.2, 0.25) is 0 Å². The maximum Gasteiger partial charge on any atom is 0.321 e. The third kappa shape index (κ3) is 4.24. The molecule has 5 heteroatoms. The number of benzene rings is 1. The molecule has 0 bridgehead atoms. The number of rotatable bonds is 1. The fourth-order valence-electron chi connectivity index (χ4n) is 0.959. The molecule has 0 saturated carbocycles. The Kier molecular flexibility index (Phi) is 4.30. The molecule has 15 heavy (non-hydrogen) atoms. The zero-order chi connectivity index (χ0) is 11.1. The van der Waals surface area contributed by atoms with Crippen LogP contribution >= 0.6 is 0 Å². The van der Waals surface area contributed by atoms with Crippen LogP contribution in [0.15, 0.2) is 30.3 Å². The Morgan fingerprint density at radius 1 is 1.20 bits per heavy atom. The largest absolute Gasteiger partial charge is 0.392 e. The summed E-state index contributed by atoms with van der Waals surface area (Å²) in [4.78, 5) is 20.1. The van der Waals surface area contributed by atoms with Gasteiger partial charge in [0, 0.05) is 0 Å². The summed E-state index contributed by atoms with van der Waals surface area (Å²) in [6.07, 6.45) is 0. The van der Waals surface area contributed by atoms with E-state index in [1.165, 1.54) is 0 Å². The molecule has 1 aliphatic rings. The molecule has 3 amide bonds. The van der Waals surface area contributed by atoms with Crippen molar-refractivity contribution in [3.05, 3.63) is 35.9 Å². The summed E-state index contributed by atoms with van der Waals surface area (Å²) < 4.78 is 0. The van der Waals surface area contributed by atoms with Crippen LogP contribution in [-0.4, -0.2) is 23.6 Å². The number of nitrogens with one attached hydrogen (secondary N) is 2. The summed E-state index contributed by atoms with van der Waals surface area (Å²) in [5.41, 5.74) is 0.965. The van der Waals surface area contributed by atoms with Crippen molar-refractivity contribution in [1.82, 2.24) is 10.6 Å². The SMILES string of the molecule is O=C1CNC(=O)N1.OCc1ccccc1. The van der Waals surface area contributed by atoms with Crippen molar-refractivity contribution in [3.8, 4) is 0 Å². The summed E-state index contributed by atoms with van der Waals surface area (Å²) in [7, 11) is 0. The summed E-state index contributed by atoms with van der Waals surface area (Å²) >= 11 is 0. The standard InChI is InChI=1S/C7H8O.C3H4N2O2/c8-6-7-4-2-1-3-5-7;6-2-1-4-3(7)5-2/h1-5,8H,6H2;1H2,(H2,4,5,6,7). The minimum atomic E-state index is -0.398. The molecule has 0 aromatic heterocycles. The first-order valence-electron chi connectivity index (χ1n) is 4.45. The zero-order valence-electron chi connectivity index (χ0n) is 8.06. The van der Waals surface area contributed by atoms with Crippen LogP contribution < -0.4 is 10.6 Å². The van der Waals surface area contributed by atoms with E-state index in [0.29, 0.717) is 0 Å². The number of urea groups is 1. The highest BCUT2D eigenvalue weighted by Crippen LogP contribution is 1.95. The van der Waals surface area contributed by atoms with Crippen molar-refractivity contribution >= 4 is 11.9 Å². The van der Waals surface area contributed by atoms with Gasteiger partial charge in [0.15, 0.2) is 0 Å². The fraction of sp³-hybridized carbons (Fsp3) is 0.200. The molecule has 1 aromatic carbocycles. The van der Waals surface area contributed by atoms with E-state index in [-0.39, 0.29) is 19.1 Å².